The van der Waals surface area contributed by atoms with E-state index in [1.165, 1.54) is 0 Å². The van der Waals surface area contributed by atoms with Gasteiger partial charge in [-0.2, -0.15) is 17.6 Å². The van der Waals surface area contributed by atoms with Crippen molar-refractivity contribution in [3.8, 4) is 0 Å². The Balaban J connectivity index is 3.77. The lowest BCUT2D eigenvalue weighted by Gasteiger charge is -2.21. The van der Waals surface area contributed by atoms with Crippen LogP contribution in [0, 0.1) is 0 Å². The molecule has 0 saturated carbocycles. The van der Waals surface area contributed by atoms with Crippen LogP contribution in [0.5, 0.6) is 0 Å². The maximum Gasteiger partial charge on any atom is 0.363 e. The zero-order valence-corrected chi connectivity index (χ0v) is 9.01. The van der Waals surface area contributed by atoms with Crippen molar-refractivity contribution in [2.75, 3.05) is 0 Å². The van der Waals surface area contributed by atoms with Gasteiger partial charge >= 0.3 is 10.8 Å². The highest BCUT2D eigenvalue weighted by Crippen LogP contribution is 2.42. The lowest BCUT2D eigenvalue weighted by molar-refractivity contribution is -0.151. The Kier molecular flexibility index (Phi) is 5.25. The molecule has 13 heavy (non-hydrogen) atoms. The summed E-state index contributed by atoms with van der Waals surface area (Å²) >= 11 is 1.69. The largest absolute Gasteiger partial charge is 0.363 e. The molecule has 0 aliphatic carbocycles. The molecule has 0 atom stereocenters. The molecule has 0 saturated heterocycles. The minimum absolute atomic E-state index is 0.141. The first-order valence-corrected chi connectivity index (χ1v) is 5.05. The molecule has 0 aromatic rings. The number of hydrogen-bond donors (Lipinski definition) is 0. The molecule has 0 nitrogen and oxygen atoms in total. The molecule has 0 fully saturated rings. The summed E-state index contributed by atoms with van der Waals surface area (Å²) in [6, 6.07) is 0. The van der Waals surface area contributed by atoms with Gasteiger partial charge < -0.3 is 0 Å². The fourth-order valence-corrected chi connectivity index (χ4v) is 1.11. The fraction of sp³-hybridized carbons (Fsp3) is 1.00. The second kappa shape index (κ2) is 5.17. The van der Waals surface area contributed by atoms with Crippen molar-refractivity contribution >= 4 is 15.9 Å². The second-order valence-electron chi connectivity index (χ2n) is 3.01. The van der Waals surface area contributed by atoms with Gasteiger partial charge in [0.2, 0.25) is 0 Å². The summed E-state index contributed by atoms with van der Waals surface area (Å²) in [5.41, 5.74) is 0. The third-order valence-electron chi connectivity index (χ3n) is 1.76. The highest BCUT2D eigenvalue weighted by atomic mass is 79.9. The van der Waals surface area contributed by atoms with Crippen LogP contribution in [-0.4, -0.2) is 10.8 Å². The molecule has 0 heterocycles. The van der Waals surface area contributed by atoms with Crippen molar-refractivity contribution in [1.29, 1.82) is 0 Å². The lowest BCUT2D eigenvalue weighted by Crippen LogP contribution is -2.34. The van der Waals surface area contributed by atoms with Gasteiger partial charge in [0.05, 0.1) is 0 Å². The van der Waals surface area contributed by atoms with E-state index >= 15 is 0 Å². The molecule has 0 spiro atoms. The summed E-state index contributed by atoms with van der Waals surface area (Å²) in [6.45, 7) is 1.93. The molecule has 0 unspecified atom stereocenters. The number of unbranched alkanes of at least 4 members (excludes halogenated alkanes) is 3. The van der Waals surface area contributed by atoms with E-state index < -0.39 is 17.2 Å². The highest BCUT2D eigenvalue weighted by Gasteiger charge is 2.53. The number of hydrogen-bond acceptors (Lipinski definition) is 0. The topological polar surface area (TPSA) is 0 Å². The quantitative estimate of drug-likeness (QED) is 0.374. The van der Waals surface area contributed by atoms with Crippen molar-refractivity contribution in [1.82, 2.24) is 0 Å². The number of alkyl halides is 5. The van der Waals surface area contributed by atoms with Gasteiger partial charge in [0.25, 0.3) is 0 Å². The predicted octanol–water partition coefficient (Wildman–Crippen LogP) is 4.58. The molecular weight excluding hydrogens is 252 g/mol. The molecule has 0 aliphatic rings. The monoisotopic (exact) mass is 264 g/mol. The normalized spacial score (nSPS) is 13.4. The van der Waals surface area contributed by atoms with Gasteiger partial charge in [0, 0.05) is 6.42 Å². The minimum Gasteiger partial charge on any atom is -0.199 e. The van der Waals surface area contributed by atoms with E-state index in [0.29, 0.717) is 6.42 Å². The lowest BCUT2D eigenvalue weighted by atomic mass is 10.1. The minimum atomic E-state index is -4.08. The van der Waals surface area contributed by atoms with Crippen LogP contribution in [0.4, 0.5) is 17.6 Å². The van der Waals surface area contributed by atoms with Gasteiger partial charge in [0.1, 0.15) is 0 Å². The Morgan fingerprint density at radius 2 is 1.54 bits per heavy atom. The van der Waals surface area contributed by atoms with Crippen LogP contribution in [0.1, 0.15) is 39.0 Å². The Morgan fingerprint density at radius 1 is 1.00 bits per heavy atom. The molecule has 5 heteroatoms. The third kappa shape index (κ3) is 4.84. The zero-order valence-electron chi connectivity index (χ0n) is 7.43. The Hall–Kier alpha value is 0.200. The standard InChI is InChI=1S/C8H13BrF4/c1-2-3-4-5-6-7(10,11)8(9,12)13/h2-6H2,1H3. The average molecular weight is 265 g/mol. The van der Waals surface area contributed by atoms with Crippen LogP contribution in [0.25, 0.3) is 0 Å². The van der Waals surface area contributed by atoms with Crippen molar-refractivity contribution in [3.63, 3.8) is 0 Å². The van der Waals surface area contributed by atoms with E-state index in [2.05, 4.69) is 0 Å². The second-order valence-corrected chi connectivity index (χ2v) is 4.01. The summed E-state index contributed by atoms with van der Waals surface area (Å²) in [4.78, 5) is -4.08. The van der Waals surface area contributed by atoms with Crippen molar-refractivity contribution in [2.24, 2.45) is 0 Å². The maximum atomic E-state index is 12.6. The molecule has 0 amide bonds. The average Bonchev–Trinajstić information content (AvgIpc) is 1.96. The molecule has 0 aliphatic heterocycles. The summed E-state index contributed by atoms with van der Waals surface area (Å²) in [5, 5.41) is 0. The maximum absolute atomic E-state index is 12.6. The van der Waals surface area contributed by atoms with Gasteiger partial charge in [0.15, 0.2) is 0 Å². The van der Waals surface area contributed by atoms with Gasteiger partial charge in [-0.15, -0.1) is 0 Å². The van der Waals surface area contributed by atoms with E-state index in [1.54, 1.807) is 15.9 Å². The predicted molar refractivity (Wildman–Crippen MR) is 47.6 cm³/mol. The van der Waals surface area contributed by atoms with Crippen molar-refractivity contribution in [3.05, 3.63) is 0 Å². The van der Waals surface area contributed by atoms with E-state index in [0.717, 1.165) is 12.8 Å². The molecular formula is C8H13BrF4. The SMILES string of the molecule is CCCCCCC(F)(F)C(F)(F)Br. The van der Waals surface area contributed by atoms with Gasteiger partial charge in [-0.05, 0) is 22.4 Å². The van der Waals surface area contributed by atoms with E-state index in [-0.39, 0.29) is 6.42 Å². The third-order valence-corrected chi connectivity index (χ3v) is 2.34. The van der Waals surface area contributed by atoms with Crippen LogP contribution in [0.15, 0.2) is 0 Å². The molecule has 0 aromatic carbocycles. The van der Waals surface area contributed by atoms with Crippen LogP contribution >= 0.6 is 15.9 Å². The van der Waals surface area contributed by atoms with Gasteiger partial charge in [-0.25, -0.2) is 0 Å². The van der Waals surface area contributed by atoms with Gasteiger partial charge in [-0.3, -0.25) is 0 Å². The molecule has 0 rings (SSSR count). The summed E-state index contributed by atoms with van der Waals surface area (Å²) in [7, 11) is 0. The molecule has 0 aromatic heterocycles. The van der Waals surface area contributed by atoms with Crippen LogP contribution in [-0.2, 0) is 0 Å². The van der Waals surface area contributed by atoms with Crippen molar-refractivity contribution < 1.29 is 17.6 Å². The van der Waals surface area contributed by atoms with Crippen molar-refractivity contribution in [2.45, 2.75) is 49.8 Å². The van der Waals surface area contributed by atoms with Gasteiger partial charge in [-0.1, -0.05) is 26.2 Å². The Labute approximate surface area is 83.8 Å². The zero-order chi connectivity index (χ0) is 10.5. The van der Waals surface area contributed by atoms with E-state index in [4.69, 9.17) is 0 Å². The molecule has 0 radical (unpaired) electrons. The Bertz CT molecular complexity index is 142. The van der Waals surface area contributed by atoms with Crippen LogP contribution < -0.4 is 0 Å². The van der Waals surface area contributed by atoms with E-state index in [9.17, 15) is 17.6 Å². The summed E-state index contributed by atoms with van der Waals surface area (Å²) in [6.07, 6.45) is 1.67. The number of rotatable bonds is 6. The van der Waals surface area contributed by atoms with Crippen LogP contribution in [0.3, 0.4) is 0 Å². The molecule has 80 valence electrons. The van der Waals surface area contributed by atoms with Crippen LogP contribution in [0.2, 0.25) is 0 Å². The smallest absolute Gasteiger partial charge is 0.199 e. The van der Waals surface area contributed by atoms with E-state index in [1.807, 2.05) is 6.92 Å². The summed E-state index contributed by atoms with van der Waals surface area (Å²) in [5.74, 6) is -3.93. The molecule has 0 bridgehead atoms. The highest BCUT2D eigenvalue weighted by molar-refractivity contribution is 9.10. The first kappa shape index (κ1) is 13.2. The first-order chi connectivity index (χ1) is 5.81. The first-order valence-electron chi connectivity index (χ1n) is 4.26. The number of halogens is 5. The molecule has 0 N–H and O–H groups in total. The summed E-state index contributed by atoms with van der Waals surface area (Å²) < 4.78 is 49.5. The Morgan fingerprint density at radius 3 is 1.92 bits per heavy atom. The fourth-order valence-electron chi connectivity index (χ4n) is 0.916.